The molecular weight excluding hydrogens is 344 g/mol. The lowest BCUT2D eigenvalue weighted by Crippen LogP contribution is -2.00. The van der Waals surface area contributed by atoms with E-state index < -0.39 is 0 Å². The second kappa shape index (κ2) is 7.14. The maximum absolute atomic E-state index is 10.9. The lowest BCUT2D eigenvalue weighted by Gasteiger charge is -2.11. The number of nitro benzene ring substituents is 1. The SMILES string of the molecule is C[C@@H](Sc1nnc(Cc2cccs2)n1C)c1cccc([N+](=O)[O-])c1. The Morgan fingerprint density at radius 3 is 2.88 bits per heavy atom. The number of thiophene rings is 1. The molecule has 2 heterocycles. The summed E-state index contributed by atoms with van der Waals surface area (Å²) in [5.41, 5.74) is 1.01. The summed E-state index contributed by atoms with van der Waals surface area (Å²) in [4.78, 5) is 11.8. The molecule has 0 N–H and O–H groups in total. The highest BCUT2D eigenvalue weighted by atomic mass is 32.2. The molecule has 6 nitrogen and oxygen atoms in total. The first-order valence-corrected chi connectivity index (χ1v) is 9.12. The zero-order valence-electron chi connectivity index (χ0n) is 13.2. The molecule has 3 rings (SSSR count). The van der Waals surface area contributed by atoms with Crippen molar-refractivity contribution < 1.29 is 4.92 Å². The van der Waals surface area contributed by atoms with Crippen LogP contribution in [0.3, 0.4) is 0 Å². The zero-order chi connectivity index (χ0) is 17.1. The van der Waals surface area contributed by atoms with Crippen LogP contribution in [0.25, 0.3) is 0 Å². The van der Waals surface area contributed by atoms with Crippen molar-refractivity contribution in [1.29, 1.82) is 0 Å². The number of nitrogens with zero attached hydrogens (tertiary/aromatic N) is 4. The molecule has 8 heteroatoms. The van der Waals surface area contributed by atoms with Crippen molar-refractivity contribution in [3.05, 3.63) is 68.2 Å². The Balaban J connectivity index is 1.75. The molecular formula is C16H16N4O2S2. The Kier molecular flexibility index (Phi) is 4.96. The van der Waals surface area contributed by atoms with Gasteiger partial charge in [-0.25, -0.2) is 0 Å². The van der Waals surface area contributed by atoms with Gasteiger partial charge >= 0.3 is 0 Å². The van der Waals surface area contributed by atoms with Crippen LogP contribution < -0.4 is 0 Å². The van der Waals surface area contributed by atoms with Gasteiger partial charge in [0, 0.05) is 35.7 Å². The smallest absolute Gasteiger partial charge is 0.269 e. The number of aromatic nitrogens is 3. The number of hydrogen-bond acceptors (Lipinski definition) is 6. The first-order valence-electron chi connectivity index (χ1n) is 7.36. The van der Waals surface area contributed by atoms with E-state index in [1.807, 2.05) is 36.1 Å². The molecule has 0 unspecified atom stereocenters. The van der Waals surface area contributed by atoms with Gasteiger partial charge in [-0.05, 0) is 23.9 Å². The maximum Gasteiger partial charge on any atom is 0.269 e. The normalized spacial score (nSPS) is 12.2. The third kappa shape index (κ3) is 3.65. The van der Waals surface area contributed by atoms with Gasteiger partial charge in [0.05, 0.1) is 4.92 Å². The van der Waals surface area contributed by atoms with Gasteiger partial charge in [0.15, 0.2) is 5.16 Å². The number of non-ortho nitro benzene ring substituents is 1. The Bertz CT molecular complexity index is 846. The van der Waals surface area contributed by atoms with E-state index in [1.54, 1.807) is 35.2 Å². The fourth-order valence-corrected chi connectivity index (χ4v) is 3.94. The van der Waals surface area contributed by atoms with Gasteiger partial charge in [0.2, 0.25) is 0 Å². The van der Waals surface area contributed by atoms with Crippen LogP contribution in [0.15, 0.2) is 46.9 Å². The number of thioether (sulfide) groups is 1. The molecule has 0 fully saturated rings. The minimum Gasteiger partial charge on any atom is -0.309 e. The van der Waals surface area contributed by atoms with Crippen molar-refractivity contribution in [1.82, 2.24) is 14.8 Å². The Hall–Kier alpha value is -2.19. The molecule has 0 aliphatic carbocycles. The second-order valence-corrected chi connectivity index (χ2v) is 7.67. The lowest BCUT2D eigenvalue weighted by molar-refractivity contribution is -0.384. The molecule has 0 spiro atoms. The number of rotatable bonds is 6. The van der Waals surface area contributed by atoms with E-state index in [4.69, 9.17) is 0 Å². The van der Waals surface area contributed by atoms with Crippen LogP contribution in [0, 0.1) is 10.1 Å². The molecule has 0 aliphatic rings. The minimum absolute atomic E-state index is 0.0439. The summed E-state index contributed by atoms with van der Waals surface area (Å²) >= 11 is 3.25. The van der Waals surface area contributed by atoms with E-state index in [2.05, 4.69) is 16.3 Å². The van der Waals surface area contributed by atoms with E-state index >= 15 is 0 Å². The summed E-state index contributed by atoms with van der Waals surface area (Å²) in [6, 6.07) is 10.8. The number of benzene rings is 1. The molecule has 0 saturated carbocycles. The highest BCUT2D eigenvalue weighted by molar-refractivity contribution is 7.99. The molecule has 0 radical (unpaired) electrons. The Labute approximate surface area is 147 Å². The minimum atomic E-state index is -0.373. The first-order chi connectivity index (χ1) is 11.5. The summed E-state index contributed by atoms with van der Waals surface area (Å²) in [5.74, 6) is 0.909. The molecule has 1 aromatic carbocycles. The van der Waals surface area contributed by atoms with E-state index in [-0.39, 0.29) is 15.9 Å². The summed E-state index contributed by atoms with van der Waals surface area (Å²) in [6.45, 7) is 2.01. The van der Waals surface area contributed by atoms with Crippen molar-refractivity contribution in [2.24, 2.45) is 7.05 Å². The van der Waals surface area contributed by atoms with Crippen LogP contribution in [0.4, 0.5) is 5.69 Å². The van der Waals surface area contributed by atoms with Crippen LogP contribution in [-0.4, -0.2) is 19.7 Å². The highest BCUT2D eigenvalue weighted by Crippen LogP contribution is 2.35. The van der Waals surface area contributed by atoms with Crippen LogP contribution in [0.5, 0.6) is 0 Å². The molecule has 0 aliphatic heterocycles. The molecule has 124 valence electrons. The first kappa shape index (κ1) is 16.7. The van der Waals surface area contributed by atoms with Gasteiger partial charge in [-0.2, -0.15) is 0 Å². The van der Waals surface area contributed by atoms with E-state index in [9.17, 15) is 10.1 Å². The van der Waals surface area contributed by atoms with Crippen LogP contribution in [0.2, 0.25) is 0 Å². The Morgan fingerprint density at radius 1 is 1.33 bits per heavy atom. The van der Waals surface area contributed by atoms with E-state index in [1.165, 1.54) is 10.9 Å². The van der Waals surface area contributed by atoms with Crippen molar-refractivity contribution >= 4 is 28.8 Å². The topological polar surface area (TPSA) is 73.8 Å². The summed E-state index contributed by atoms with van der Waals surface area (Å²) in [6.07, 6.45) is 0.757. The summed E-state index contributed by atoms with van der Waals surface area (Å²) in [7, 11) is 1.95. The third-order valence-electron chi connectivity index (χ3n) is 3.67. The van der Waals surface area contributed by atoms with Gasteiger partial charge in [-0.3, -0.25) is 10.1 Å². The summed E-state index contributed by atoms with van der Waals surface area (Å²) < 4.78 is 1.98. The molecule has 2 aromatic heterocycles. The maximum atomic E-state index is 10.9. The van der Waals surface area contributed by atoms with Gasteiger partial charge in [0.25, 0.3) is 5.69 Å². The van der Waals surface area contributed by atoms with Gasteiger partial charge < -0.3 is 4.57 Å². The summed E-state index contributed by atoms with van der Waals surface area (Å²) in [5, 5.41) is 22.4. The lowest BCUT2D eigenvalue weighted by atomic mass is 10.1. The molecule has 24 heavy (non-hydrogen) atoms. The zero-order valence-corrected chi connectivity index (χ0v) is 14.9. The molecule has 0 amide bonds. The van der Waals surface area contributed by atoms with Crippen molar-refractivity contribution in [3.8, 4) is 0 Å². The Morgan fingerprint density at radius 2 is 2.17 bits per heavy atom. The van der Waals surface area contributed by atoms with Crippen LogP contribution >= 0.6 is 23.1 Å². The van der Waals surface area contributed by atoms with Crippen molar-refractivity contribution in [3.63, 3.8) is 0 Å². The largest absolute Gasteiger partial charge is 0.309 e. The van der Waals surface area contributed by atoms with Crippen LogP contribution in [-0.2, 0) is 13.5 Å². The molecule has 3 aromatic rings. The van der Waals surface area contributed by atoms with Gasteiger partial charge in [-0.15, -0.1) is 21.5 Å². The molecule has 0 saturated heterocycles. The van der Waals surface area contributed by atoms with Gasteiger partial charge in [-0.1, -0.05) is 30.0 Å². The average Bonchev–Trinajstić information content (AvgIpc) is 3.20. The predicted octanol–water partition coefficient (Wildman–Crippen LogP) is 4.23. The fraction of sp³-hybridized carbons (Fsp3) is 0.250. The number of nitro groups is 1. The van der Waals surface area contributed by atoms with E-state index in [0.29, 0.717) is 0 Å². The van der Waals surface area contributed by atoms with Crippen molar-refractivity contribution in [2.45, 2.75) is 23.8 Å². The van der Waals surface area contributed by atoms with Gasteiger partial charge in [0.1, 0.15) is 5.82 Å². The van der Waals surface area contributed by atoms with Crippen LogP contribution in [0.1, 0.15) is 28.4 Å². The van der Waals surface area contributed by atoms with Crippen molar-refractivity contribution in [2.75, 3.05) is 0 Å². The third-order valence-corrected chi connectivity index (χ3v) is 5.74. The average molecular weight is 360 g/mol. The molecule has 0 bridgehead atoms. The fourth-order valence-electron chi connectivity index (χ4n) is 2.29. The molecule has 1 atom stereocenters. The standard InChI is InChI=1S/C16H16N4O2S2/c1-11(12-5-3-6-13(9-12)20(21)22)24-16-18-17-15(19(16)2)10-14-7-4-8-23-14/h3-9,11H,10H2,1-2H3/t11-/m1/s1. The second-order valence-electron chi connectivity index (χ2n) is 5.33. The monoisotopic (exact) mass is 360 g/mol. The predicted molar refractivity (Wildman–Crippen MR) is 95.5 cm³/mol. The number of hydrogen-bond donors (Lipinski definition) is 0. The van der Waals surface area contributed by atoms with E-state index in [0.717, 1.165) is 23.0 Å². The highest BCUT2D eigenvalue weighted by Gasteiger charge is 2.16. The quantitative estimate of drug-likeness (QED) is 0.374.